The van der Waals surface area contributed by atoms with Crippen molar-refractivity contribution in [2.24, 2.45) is 10.2 Å². The Morgan fingerprint density at radius 3 is 1.32 bits per heavy atom. The minimum atomic E-state index is -3.92. The summed E-state index contributed by atoms with van der Waals surface area (Å²) in [6.45, 7) is 4.93. The van der Waals surface area contributed by atoms with Gasteiger partial charge >= 0.3 is 0 Å². The lowest BCUT2D eigenvalue weighted by molar-refractivity contribution is 0.472. The maximum absolute atomic E-state index is 12.9. The molecule has 2 atom stereocenters. The lowest BCUT2D eigenvalue weighted by Gasteiger charge is -2.18. The molecule has 0 saturated heterocycles. The largest absolute Gasteiger partial charge is 0.263 e. The summed E-state index contributed by atoms with van der Waals surface area (Å²) in [7, 11) is -7.75. The van der Waals surface area contributed by atoms with E-state index in [1.165, 1.54) is 34.3 Å². The number of sulfonamides is 2. The summed E-state index contributed by atoms with van der Waals surface area (Å²) in [5, 5.41) is 22.5. The number of halogens is 2. The van der Waals surface area contributed by atoms with Crippen molar-refractivity contribution in [2.45, 2.75) is 41.4 Å². The third-order valence-electron chi connectivity index (χ3n) is 10.6. The van der Waals surface area contributed by atoms with Crippen LogP contribution in [0.15, 0.2) is 178 Å². The van der Waals surface area contributed by atoms with Gasteiger partial charge in [-0.1, -0.05) is 134 Å². The Morgan fingerprint density at radius 2 is 0.969 bits per heavy atom. The lowest BCUT2D eigenvalue weighted by atomic mass is 9.91. The van der Waals surface area contributed by atoms with Crippen molar-refractivity contribution in [3.8, 4) is 6.07 Å². The van der Waals surface area contributed by atoms with Crippen LogP contribution in [0.1, 0.15) is 65.0 Å². The Balaban J connectivity index is 0.000000194. The highest BCUT2D eigenvalue weighted by atomic mass is 35.5. The number of hydrogen-bond acceptors (Lipinski definition) is 9. The molecular formula is C48H41Cl2N7O4S4. The van der Waals surface area contributed by atoms with Crippen molar-refractivity contribution >= 4 is 89.3 Å². The van der Waals surface area contributed by atoms with E-state index in [2.05, 4.69) is 28.4 Å². The van der Waals surface area contributed by atoms with E-state index in [0.717, 1.165) is 39.2 Å². The zero-order valence-corrected chi connectivity index (χ0v) is 39.7. The normalized spacial score (nSPS) is 15.9. The average molecular weight is 979 g/mol. The Labute approximate surface area is 400 Å². The van der Waals surface area contributed by atoms with Gasteiger partial charge in [0.2, 0.25) is 10.2 Å². The number of nitrogens with zero attached hydrogens (tertiary/aromatic N) is 5. The molecule has 0 aromatic heterocycles. The van der Waals surface area contributed by atoms with E-state index in [1.807, 2.05) is 115 Å². The maximum Gasteiger partial charge on any atom is 0.263 e. The van der Waals surface area contributed by atoms with Crippen molar-refractivity contribution in [3.05, 3.63) is 201 Å². The number of thiocarbonyl (C=S) groups is 2. The van der Waals surface area contributed by atoms with Crippen LogP contribution < -0.4 is 9.44 Å². The number of rotatable bonds is 9. The molecule has 8 rings (SSSR count). The number of benzene rings is 6. The van der Waals surface area contributed by atoms with Gasteiger partial charge in [-0.2, -0.15) is 15.5 Å². The van der Waals surface area contributed by atoms with Gasteiger partial charge in [-0.15, -0.1) is 0 Å². The quantitative estimate of drug-likeness (QED) is 0.135. The number of hydrazone groups is 2. The van der Waals surface area contributed by atoms with E-state index in [0.29, 0.717) is 34.6 Å². The summed E-state index contributed by atoms with van der Waals surface area (Å²) < 4.78 is 56.3. The molecule has 11 nitrogen and oxygen atoms in total. The molecule has 330 valence electrons. The third kappa shape index (κ3) is 11.5. The molecule has 2 unspecified atom stereocenters. The maximum atomic E-state index is 12.9. The molecule has 0 spiro atoms. The van der Waals surface area contributed by atoms with Gasteiger partial charge < -0.3 is 0 Å². The molecule has 0 amide bonds. The molecule has 2 aliphatic rings. The first kappa shape index (κ1) is 47.0. The third-order valence-corrected chi connectivity index (χ3v) is 14.7. The van der Waals surface area contributed by atoms with Crippen LogP contribution in [0.2, 0.25) is 10.0 Å². The predicted octanol–water partition coefficient (Wildman–Crippen LogP) is 9.81. The second kappa shape index (κ2) is 20.5. The lowest BCUT2D eigenvalue weighted by Crippen LogP contribution is -2.39. The highest BCUT2D eigenvalue weighted by molar-refractivity contribution is 7.92. The van der Waals surface area contributed by atoms with E-state index >= 15 is 0 Å². The van der Waals surface area contributed by atoms with Crippen LogP contribution in [0, 0.1) is 11.3 Å². The number of nitrogens with one attached hydrogen (secondary N) is 2. The summed E-state index contributed by atoms with van der Waals surface area (Å²) in [6.07, 6.45) is 0. The Kier molecular flexibility index (Phi) is 14.8. The molecule has 2 N–H and O–H groups in total. The Hall–Kier alpha value is -5.99. The van der Waals surface area contributed by atoms with Gasteiger partial charge in [0.05, 0.1) is 45.9 Å². The fourth-order valence-corrected chi connectivity index (χ4v) is 10.1. The first-order valence-electron chi connectivity index (χ1n) is 20.2. The van der Waals surface area contributed by atoms with Crippen LogP contribution in [0.5, 0.6) is 0 Å². The highest BCUT2D eigenvalue weighted by Gasteiger charge is 2.34. The minimum Gasteiger partial charge on any atom is -0.254 e. The zero-order chi connectivity index (χ0) is 46.3. The Bertz CT molecular complexity index is 3010. The monoisotopic (exact) mass is 977 g/mol. The van der Waals surface area contributed by atoms with Crippen LogP contribution in [0.3, 0.4) is 0 Å². The topological polar surface area (TPSA) is 147 Å². The van der Waals surface area contributed by atoms with Crippen LogP contribution in [0.4, 0.5) is 0 Å². The van der Waals surface area contributed by atoms with Gasteiger partial charge in [0, 0.05) is 21.9 Å². The van der Waals surface area contributed by atoms with Crippen molar-refractivity contribution in [3.63, 3.8) is 0 Å². The number of hydrogen-bond donors (Lipinski definition) is 2. The van der Waals surface area contributed by atoms with Crippen LogP contribution in [-0.4, -0.2) is 61.6 Å². The van der Waals surface area contributed by atoms with Gasteiger partial charge in [0.1, 0.15) is 0 Å². The first-order valence-corrected chi connectivity index (χ1v) is 24.7. The standard InChI is InChI=1S/C25H24ClN3O2S2.C23H17ClN4O2S2/c1-17(2)18-10-14-22(15-11-18)33(30,31)28-25(32)29-16-23(19-6-4-3-5-7-19)24(27-29)20-8-12-21(26)13-9-20;24-19-10-8-18(9-11-19)22-21(17-4-2-1-3-5-17)15-28(26-22)23(31)27-32(29,30)20-12-6-16(14-25)7-13-20/h3-15,17,23H,16H2,1-2H3,(H,28,32);1-13,21H,15H2,(H,27,31). The van der Waals surface area contributed by atoms with Crippen molar-refractivity contribution < 1.29 is 16.8 Å². The molecule has 65 heavy (non-hydrogen) atoms. The van der Waals surface area contributed by atoms with Gasteiger partial charge in [-0.05, 0) is 119 Å². The fourth-order valence-electron chi connectivity index (χ4n) is 7.11. The van der Waals surface area contributed by atoms with E-state index in [4.69, 9.17) is 58.0 Å². The molecule has 0 fully saturated rings. The average Bonchev–Trinajstić information content (AvgIpc) is 3.97. The van der Waals surface area contributed by atoms with E-state index in [1.54, 1.807) is 24.3 Å². The van der Waals surface area contributed by atoms with Gasteiger partial charge in [-0.25, -0.2) is 26.9 Å². The molecule has 0 saturated carbocycles. The summed E-state index contributed by atoms with van der Waals surface area (Å²) >= 11 is 23.0. The summed E-state index contributed by atoms with van der Waals surface area (Å²) in [4.78, 5) is 0.175. The molecule has 6 aromatic rings. The molecule has 0 bridgehead atoms. The van der Waals surface area contributed by atoms with E-state index in [9.17, 15) is 16.8 Å². The summed E-state index contributed by atoms with van der Waals surface area (Å²) in [5.74, 6) is 0.144. The van der Waals surface area contributed by atoms with Crippen molar-refractivity contribution in [2.75, 3.05) is 13.1 Å². The fraction of sp³-hybridized carbons (Fsp3) is 0.146. The predicted molar refractivity (Wildman–Crippen MR) is 265 cm³/mol. The second-order valence-corrected chi connectivity index (χ2v) is 20.3. The van der Waals surface area contributed by atoms with Gasteiger partial charge in [0.15, 0.2) is 0 Å². The van der Waals surface area contributed by atoms with Crippen molar-refractivity contribution in [1.82, 2.24) is 19.5 Å². The molecule has 17 heteroatoms. The molecule has 2 heterocycles. The number of nitriles is 1. The summed E-state index contributed by atoms with van der Waals surface area (Å²) in [5.41, 5.74) is 6.92. The molecule has 2 aliphatic heterocycles. The van der Waals surface area contributed by atoms with Crippen LogP contribution >= 0.6 is 47.6 Å². The summed E-state index contributed by atoms with van der Waals surface area (Å²) in [6, 6.07) is 49.0. The smallest absolute Gasteiger partial charge is 0.254 e. The van der Waals surface area contributed by atoms with Gasteiger partial charge in [-0.3, -0.25) is 9.44 Å². The SMILES string of the molecule is CC(C)c1ccc(S(=O)(=O)NC(=S)N2CC(c3ccccc3)C(c3ccc(Cl)cc3)=N2)cc1.N#Cc1ccc(S(=O)(=O)NC(=S)N2CC(c3ccccc3)C(c3ccc(Cl)cc3)=N2)cc1. The minimum absolute atomic E-state index is 0.0135. The van der Waals surface area contributed by atoms with Crippen molar-refractivity contribution in [1.29, 1.82) is 5.26 Å². The zero-order valence-electron chi connectivity index (χ0n) is 34.9. The molecule has 0 radical (unpaired) electrons. The van der Waals surface area contributed by atoms with E-state index in [-0.39, 0.29) is 31.9 Å². The molecular weight excluding hydrogens is 938 g/mol. The van der Waals surface area contributed by atoms with Crippen LogP contribution in [-0.2, 0) is 20.0 Å². The molecule has 0 aliphatic carbocycles. The Morgan fingerprint density at radius 1 is 0.600 bits per heavy atom. The van der Waals surface area contributed by atoms with Gasteiger partial charge in [0.25, 0.3) is 20.0 Å². The first-order chi connectivity index (χ1) is 31.1. The van der Waals surface area contributed by atoms with Crippen LogP contribution in [0.25, 0.3) is 0 Å². The molecule has 6 aromatic carbocycles. The van der Waals surface area contributed by atoms with E-state index < -0.39 is 20.0 Å². The highest BCUT2D eigenvalue weighted by Crippen LogP contribution is 2.31. The second-order valence-electron chi connectivity index (χ2n) is 15.3.